The number of carbonyl (C=O) groups is 1. The summed E-state index contributed by atoms with van der Waals surface area (Å²) >= 11 is 0. The Labute approximate surface area is 255 Å². The molecule has 2 N–H and O–H groups in total. The van der Waals surface area contributed by atoms with Gasteiger partial charge in [0, 0.05) is 29.7 Å². The molecule has 1 atom stereocenters. The number of fused-ring (bicyclic) bond motifs is 1. The third kappa shape index (κ3) is 5.84. The van der Waals surface area contributed by atoms with E-state index >= 15 is 4.39 Å². The first kappa shape index (κ1) is 29.9. The molecule has 1 fully saturated rings. The maximum atomic E-state index is 16.6. The molecule has 6 rings (SSSR count). The quantitative estimate of drug-likeness (QED) is 0.268. The van der Waals surface area contributed by atoms with Gasteiger partial charge in [-0.2, -0.15) is 10.2 Å². The highest BCUT2D eigenvalue weighted by molar-refractivity contribution is 6.16. The number of nitrogens with one attached hydrogen (secondary N) is 1. The molecule has 0 radical (unpaired) electrons. The average molecular weight is 600 g/mol. The van der Waals surface area contributed by atoms with Crippen LogP contribution < -0.4 is 11.0 Å². The molecular weight excluding hydrogens is 561 g/mol. The number of hydrogen-bond acceptors (Lipinski definition) is 6. The summed E-state index contributed by atoms with van der Waals surface area (Å²) in [6.07, 6.45) is 5.78. The fourth-order valence-corrected chi connectivity index (χ4v) is 6.55. The minimum atomic E-state index is -0.518. The van der Waals surface area contributed by atoms with Crippen molar-refractivity contribution < 1.29 is 19.0 Å². The summed E-state index contributed by atoms with van der Waals surface area (Å²) in [7, 11) is 0. The van der Waals surface area contributed by atoms with Gasteiger partial charge in [-0.15, -0.1) is 0 Å². The lowest BCUT2D eigenvalue weighted by molar-refractivity contribution is -0.119. The lowest BCUT2D eigenvalue weighted by Crippen LogP contribution is -2.35. The Morgan fingerprint density at radius 2 is 1.86 bits per heavy atom. The number of aliphatic hydroxyl groups is 1. The Balaban J connectivity index is 1.42. The van der Waals surface area contributed by atoms with Gasteiger partial charge >= 0.3 is 0 Å². The van der Waals surface area contributed by atoms with E-state index in [1.807, 2.05) is 51.5 Å². The van der Waals surface area contributed by atoms with E-state index in [2.05, 4.69) is 22.5 Å². The standard InChI is InChI=1S/C34H38FN5O4/c1-3-7-29-27(34(43)39(31-16-17-36-40(29)31)24-11-13-25(14-12-24)44-20-21(2)41)18-23-10-15-26(22-8-5-4-6-9-22)32(33(23)35)28-19-30(42)38-37-28/h4-6,8-10,15-17,21,24-25,41H,3,7,11-14,18-20H2,1-2H3,(H,38,42). The van der Waals surface area contributed by atoms with Crippen LogP contribution >= 0.6 is 0 Å². The molecule has 230 valence electrons. The Hall–Kier alpha value is -4.15. The van der Waals surface area contributed by atoms with Crippen LogP contribution in [-0.2, 0) is 22.4 Å². The zero-order valence-corrected chi connectivity index (χ0v) is 25.1. The minimum Gasteiger partial charge on any atom is -0.391 e. The highest BCUT2D eigenvalue weighted by Gasteiger charge is 2.29. The van der Waals surface area contributed by atoms with Crippen molar-refractivity contribution in [2.24, 2.45) is 5.10 Å². The third-order valence-corrected chi connectivity index (χ3v) is 8.63. The van der Waals surface area contributed by atoms with Crippen LogP contribution in [0.2, 0.25) is 0 Å². The largest absolute Gasteiger partial charge is 0.391 e. The van der Waals surface area contributed by atoms with Gasteiger partial charge in [-0.3, -0.25) is 14.2 Å². The second-order valence-corrected chi connectivity index (χ2v) is 11.8. The van der Waals surface area contributed by atoms with Crippen LogP contribution in [0, 0.1) is 5.82 Å². The molecule has 1 aliphatic heterocycles. The predicted octanol–water partition coefficient (Wildman–Crippen LogP) is 4.95. The van der Waals surface area contributed by atoms with Crippen molar-refractivity contribution in [1.82, 2.24) is 19.6 Å². The third-order valence-electron chi connectivity index (χ3n) is 8.63. The smallest absolute Gasteiger partial charge is 0.257 e. The number of halogens is 1. The molecule has 2 aromatic heterocycles. The molecule has 44 heavy (non-hydrogen) atoms. The van der Waals surface area contributed by atoms with Crippen molar-refractivity contribution in [3.8, 4) is 11.1 Å². The SMILES string of the molecule is CCCc1c(Cc2ccc(-c3ccccc3)c(C3=NNC(=O)C3)c2F)c(=O)n(C2CCC(OCC(C)O)CC2)c2ccnn12. The van der Waals surface area contributed by atoms with Crippen LogP contribution in [0.3, 0.4) is 0 Å². The number of aryl methyl sites for hydroxylation is 1. The number of aliphatic hydroxyl groups excluding tert-OH is 1. The molecule has 2 aromatic carbocycles. The number of aromatic nitrogens is 3. The van der Waals surface area contributed by atoms with E-state index in [4.69, 9.17) is 4.74 Å². The molecule has 0 spiro atoms. The normalized spacial score (nSPS) is 19.3. The summed E-state index contributed by atoms with van der Waals surface area (Å²) in [5.74, 6) is -0.765. The lowest BCUT2D eigenvalue weighted by Gasteiger charge is -2.31. The van der Waals surface area contributed by atoms with Crippen molar-refractivity contribution in [3.05, 3.63) is 93.3 Å². The summed E-state index contributed by atoms with van der Waals surface area (Å²) < 4.78 is 26.2. The van der Waals surface area contributed by atoms with Gasteiger partial charge in [0.1, 0.15) is 11.5 Å². The van der Waals surface area contributed by atoms with E-state index in [1.165, 1.54) is 0 Å². The Morgan fingerprint density at radius 3 is 2.55 bits per heavy atom. The molecule has 3 heterocycles. The van der Waals surface area contributed by atoms with Gasteiger partial charge in [-0.1, -0.05) is 55.8 Å². The number of ether oxygens (including phenoxy) is 1. The van der Waals surface area contributed by atoms with Crippen LogP contribution in [-0.4, -0.2) is 49.7 Å². The van der Waals surface area contributed by atoms with Gasteiger partial charge in [0.15, 0.2) is 0 Å². The van der Waals surface area contributed by atoms with Crippen molar-refractivity contribution in [1.29, 1.82) is 0 Å². The zero-order valence-electron chi connectivity index (χ0n) is 25.1. The van der Waals surface area contributed by atoms with E-state index in [-0.39, 0.29) is 42.0 Å². The van der Waals surface area contributed by atoms with Crippen LogP contribution in [0.4, 0.5) is 4.39 Å². The van der Waals surface area contributed by atoms with E-state index in [9.17, 15) is 14.7 Å². The van der Waals surface area contributed by atoms with Gasteiger partial charge in [-0.05, 0) is 55.7 Å². The summed E-state index contributed by atoms with van der Waals surface area (Å²) in [6, 6.07) is 14.9. The molecule has 1 aliphatic carbocycles. The second-order valence-electron chi connectivity index (χ2n) is 11.8. The second kappa shape index (κ2) is 12.8. The fourth-order valence-electron chi connectivity index (χ4n) is 6.55. The van der Waals surface area contributed by atoms with Crippen LogP contribution in [0.5, 0.6) is 0 Å². The van der Waals surface area contributed by atoms with Crippen LogP contribution in [0.25, 0.3) is 16.8 Å². The van der Waals surface area contributed by atoms with Gasteiger partial charge in [0.05, 0.1) is 42.8 Å². The molecule has 1 unspecified atom stereocenters. The van der Waals surface area contributed by atoms with Crippen LogP contribution in [0.15, 0.2) is 64.6 Å². The van der Waals surface area contributed by atoms with Crippen molar-refractivity contribution in [2.75, 3.05) is 6.61 Å². The molecular formula is C34H38FN5O4. The van der Waals surface area contributed by atoms with E-state index in [0.29, 0.717) is 35.4 Å². The van der Waals surface area contributed by atoms with E-state index < -0.39 is 11.9 Å². The molecule has 1 amide bonds. The molecule has 1 saturated carbocycles. The monoisotopic (exact) mass is 599 g/mol. The number of carbonyl (C=O) groups excluding carboxylic acids is 1. The Kier molecular flexibility index (Phi) is 8.72. The summed E-state index contributed by atoms with van der Waals surface area (Å²) in [4.78, 5) is 26.5. The molecule has 10 heteroatoms. The first-order valence-electron chi connectivity index (χ1n) is 15.5. The minimum absolute atomic E-state index is 0.0169. The van der Waals surface area contributed by atoms with Gasteiger partial charge < -0.3 is 9.84 Å². The van der Waals surface area contributed by atoms with Gasteiger partial charge in [0.2, 0.25) is 5.91 Å². The maximum absolute atomic E-state index is 16.6. The summed E-state index contributed by atoms with van der Waals surface area (Å²) in [5, 5.41) is 18.4. The highest BCUT2D eigenvalue weighted by Crippen LogP contribution is 2.33. The molecule has 4 aromatic rings. The highest BCUT2D eigenvalue weighted by atomic mass is 19.1. The van der Waals surface area contributed by atoms with Gasteiger partial charge in [0.25, 0.3) is 5.56 Å². The number of hydrogen-bond donors (Lipinski definition) is 2. The van der Waals surface area contributed by atoms with Crippen LogP contribution in [0.1, 0.15) is 80.8 Å². The molecule has 2 aliphatic rings. The number of amides is 1. The first-order valence-corrected chi connectivity index (χ1v) is 15.5. The average Bonchev–Trinajstić information content (AvgIpc) is 3.68. The zero-order chi connectivity index (χ0) is 30.8. The lowest BCUT2D eigenvalue weighted by atomic mass is 9.90. The topological polar surface area (TPSA) is 110 Å². The van der Waals surface area contributed by atoms with E-state index in [1.54, 1.807) is 19.2 Å². The molecule has 0 saturated heterocycles. The summed E-state index contributed by atoms with van der Waals surface area (Å²) in [5.41, 5.74) is 6.81. The number of hydrazone groups is 1. The number of nitrogens with zero attached hydrogens (tertiary/aromatic N) is 4. The molecule has 0 bridgehead atoms. The number of benzene rings is 2. The Morgan fingerprint density at radius 1 is 1.09 bits per heavy atom. The van der Waals surface area contributed by atoms with E-state index in [0.717, 1.165) is 49.0 Å². The first-order chi connectivity index (χ1) is 21.4. The van der Waals surface area contributed by atoms with Crippen molar-refractivity contribution in [3.63, 3.8) is 0 Å². The number of rotatable bonds is 10. The molecule has 9 nitrogen and oxygen atoms in total. The fraction of sp³-hybridized carbons (Fsp3) is 0.412. The van der Waals surface area contributed by atoms with Crippen molar-refractivity contribution >= 4 is 17.3 Å². The summed E-state index contributed by atoms with van der Waals surface area (Å²) in [6.45, 7) is 4.06. The van der Waals surface area contributed by atoms with Crippen molar-refractivity contribution in [2.45, 2.75) is 83.5 Å². The van der Waals surface area contributed by atoms with Gasteiger partial charge in [-0.25, -0.2) is 14.3 Å². The predicted molar refractivity (Wildman–Crippen MR) is 166 cm³/mol. The Bertz CT molecular complexity index is 1750. The maximum Gasteiger partial charge on any atom is 0.257 e.